The molecule has 0 saturated carbocycles. The average Bonchev–Trinajstić information content (AvgIpc) is 2.42. The van der Waals surface area contributed by atoms with E-state index in [1.54, 1.807) is 6.33 Å². The first-order chi connectivity index (χ1) is 9.09. The minimum Gasteiger partial charge on any atom is -0.383 e. The van der Waals surface area contributed by atoms with Gasteiger partial charge in [0.25, 0.3) is 0 Å². The maximum atomic E-state index is 6.02. The van der Waals surface area contributed by atoms with Crippen molar-refractivity contribution >= 4 is 11.6 Å². The molecule has 0 bridgehead atoms. The highest BCUT2D eigenvalue weighted by atomic mass is 15.2. The van der Waals surface area contributed by atoms with Gasteiger partial charge in [0.05, 0.1) is 0 Å². The van der Waals surface area contributed by atoms with Crippen LogP contribution in [0.15, 0.2) is 6.33 Å². The SMILES string of the molecule is CCCc1c(N)ncnc1N1CCC(C)(CC)CC1. The lowest BCUT2D eigenvalue weighted by atomic mass is 9.78. The molecule has 0 spiro atoms. The Morgan fingerprint density at radius 3 is 2.53 bits per heavy atom. The Balaban J connectivity index is 2.17. The zero-order chi connectivity index (χ0) is 13.9. The van der Waals surface area contributed by atoms with E-state index in [4.69, 9.17) is 5.73 Å². The maximum absolute atomic E-state index is 6.02. The highest BCUT2D eigenvalue weighted by Crippen LogP contribution is 2.36. The summed E-state index contributed by atoms with van der Waals surface area (Å²) in [5.41, 5.74) is 7.65. The summed E-state index contributed by atoms with van der Waals surface area (Å²) in [5.74, 6) is 1.71. The van der Waals surface area contributed by atoms with Crippen LogP contribution in [0.5, 0.6) is 0 Å². The number of nitrogens with two attached hydrogens (primary N) is 1. The third-order valence-corrected chi connectivity index (χ3v) is 4.58. The summed E-state index contributed by atoms with van der Waals surface area (Å²) in [7, 11) is 0. The monoisotopic (exact) mass is 262 g/mol. The van der Waals surface area contributed by atoms with Gasteiger partial charge in [0.2, 0.25) is 0 Å². The van der Waals surface area contributed by atoms with Crippen LogP contribution in [-0.4, -0.2) is 23.1 Å². The number of nitrogens with zero attached hydrogens (tertiary/aromatic N) is 3. The van der Waals surface area contributed by atoms with E-state index in [-0.39, 0.29) is 0 Å². The van der Waals surface area contributed by atoms with Gasteiger partial charge in [0.1, 0.15) is 18.0 Å². The van der Waals surface area contributed by atoms with Crippen molar-refractivity contribution in [2.45, 2.75) is 52.9 Å². The number of piperidine rings is 1. The second kappa shape index (κ2) is 5.76. The molecule has 4 nitrogen and oxygen atoms in total. The van der Waals surface area contributed by atoms with E-state index in [0.29, 0.717) is 11.2 Å². The Morgan fingerprint density at radius 2 is 1.95 bits per heavy atom. The van der Waals surface area contributed by atoms with Crippen LogP contribution in [0.25, 0.3) is 0 Å². The molecule has 4 heteroatoms. The minimum absolute atomic E-state index is 0.500. The Hall–Kier alpha value is -1.32. The molecule has 1 fully saturated rings. The van der Waals surface area contributed by atoms with Crippen LogP contribution >= 0.6 is 0 Å². The van der Waals surface area contributed by atoms with Crippen molar-refractivity contribution < 1.29 is 0 Å². The molecule has 2 heterocycles. The molecule has 2 rings (SSSR count). The fourth-order valence-corrected chi connectivity index (χ4v) is 2.79. The molecular weight excluding hydrogens is 236 g/mol. The van der Waals surface area contributed by atoms with Gasteiger partial charge in [-0.3, -0.25) is 0 Å². The first kappa shape index (κ1) is 14.1. The Labute approximate surface area is 116 Å². The molecule has 1 saturated heterocycles. The van der Waals surface area contributed by atoms with Crippen molar-refractivity contribution in [2.24, 2.45) is 5.41 Å². The van der Waals surface area contributed by atoms with E-state index in [2.05, 4.69) is 35.6 Å². The lowest BCUT2D eigenvalue weighted by Crippen LogP contribution is -2.39. The van der Waals surface area contributed by atoms with Gasteiger partial charge < -0.3 is 10.6 Å². The van der Waals surface area contributed by atoms with E-state index in [0.717, 1.165) is 37.3 Å². The number of hydrogen-bond acceptors (Lipinski definition) is 4. The van der Waals surface area contributed by atoms with E-state index < -0.39 is 0 Å². The molecule has 1 aliphatic heterocycles. The van der Waals surface area contributed by atoms with E-state index in [1.807, 2.05) is 0 Å². The normalized spacial score (nSPS) is 18.6. The largest absolute Gasteiger partial charge is 0.383 e. The van der Waals surface area contributed by atoms with E-state index >= 15 is 0 Å². The third-order valence-electron chi connectivity index (χ3n) is 4.58. The standard InChI is InChI=1S/C15H26N4/c1-4-6-12-13(16)17-11-18-14(12)19-9-7-15(3,5-2)8-10-19/h11H,4-10H2,1-3H3,(H2,16,17,18). The van der Waals surface area contributed by atoms with Gasteiger partial charge in [0, 0.05) is 18.7 Å². The van der Waals surface area contributed by atoms with Crippen molar-refractivity contribution in [1.29, 1.82) is 0 Å². The van der Waals surface area contributed by atoms with Crippen molar-refractivity contribution in [3.63, 3.8) is 0 Å². The molecule has 1 aromatic rings. The van der Waals surface area contributed by atoms with Gasteiger partial charge in [0.15, 0.2) is 0 Å². The second-order valence-corrected chi connectivity index (χ2v) is 5.96. The summed E-state index contributed by atoms with van der Waals surface area (Å²) in [4.78, 5) is 11.0. The third kappa shape index (κ3) is 2.99. The molecule has 1 aliphatic rings. The molecule has 0 aromatic carbocycles. The highest BCUT2D eigenvalue weighted by molar-refractivity contribution is 5.56. The lowest BCUT2D eigenvalue weighted by molar-refractivity contribution is 0.237. The summed E-state index contributed by atoms with van der Waals surface area (Å²) >= 11 is 0. The summed E-state index contributed by atoms with van der Waals surface area (Å²) < 4.78 is 0. The first-order valence-electron chi connectivity index (χ1n) is 7.44. The zero-order valence-electron chi connectivity index (χ0n) is 12.4. The van der Waals surface area contributed by atoms with Gasteiger partial charge >= 0.3 is 0 Å². The molecule has 0 amide bonds. The Morgan fingerprint density at radius 1 is 1.26 bits per heavy atom. The topological polar surface area (TPSA) is 55.0 Å². The Kier molecular flexibility index (Phi) is 4.27. The number of rotatable bonds is 4. The van der Waals surface area contributed by atoms with Gasteiger partial charge in [-0.15, -0.1) is 0 Å². The maximum Gasteiger partial charge on any atom is 0.137 e. The fraction of sp³-hybridized carbons (Fsp3) is 0.733. The molecule has 106 valence electrons. The molecule has 19 heavy (non-hydrogen) atoms. The van der Waals surface area contributed by atoms with Gasteiger partial charge in [-0.1, -0.05) is 33.6 Å². The van der Waals surface area contributed by atoms with Crippen LogP contribution in [0, 0.1) is 5.41 Å². The van der Waals surface area contributed by atoms with Crippen molar-refractivity contribution in [3.8, 4) is 0 Å². The fourth-order valence-electron chi connectivity index (χ4n) is 2.79. The summed E-state index contributed by atoms with van der Waals surface area (Å²) in [6, 6.07) is 0. The summed E-state index contributed by atoms with van der Waals surface area (Å²) in [5, 5.41) is 0. The van der Waals surface area contributed by atoms with Crippen LogP contribution in [0.4, 0.5) is 11.6 Å². The van der Waals surface area contributed by atoms with Gasteiger partial charge in [-0.2, -0.15) is 0 Å². The van der Waals surface area contributed by atoms with Crippen LogP contribution in [0.1, 0.15) is 52.0 Å². The predicted octanol–water partition coefficient (Wildman–Crippen LogP) is 3.03. The molecule has 0 unspecified atom stereocenters. The van der Waals surface area contributed by atoms with Gasteiger partial charge in [-0.05, 0) is 24.7 Å². The summed E-state index contributed by atoms with van der Waals surface area (Å²) in [6.07, 6.45) is 7.36. The summed E-state index contributed by atoms with van der Waals surface area (Å²) in [6.45, 7) is 9.02. The first-order valence-corrected chi connectivity index (χ1v) is 7.44. The van der Waals surface area contributed by atoms with E-state index in [9.17, 15) is 0 Å². The van der Waals surface area contributed by atoms with Crippen molar-refractivity contribution in [2.75, 3.05) is 23.7 Å². The molecule has 2 N–H and O–H groups in total. The predicted molar refractivity (Wildman–Crippen MR) is 80.3 cm³/mol. The minimum atomic E-state index is 0.500. The lowest BCUT2D eigenvalue weighted by Gasteiger charge is -2.40. The van der Waals surface area contributed by atoms with Gasteiger partial charge in [-0.25, -0.2) is 9.97 Å². The Bertz CT molecular complexity index is 422. The number of anilines is 2. The van der Waals surface area contributed by atoms with Crippen LogP contribution < -0.4 is 10.6 Å². The molecule has 0 radical (unpaired) electrons. The van der Waals surface area contributed by atoms with Crippen molar-refractivity contribution in [3.05, 3.63) is 11.9 Å². The molecule has 1 aromatic heterocycles. The quantitative estimate of drug-likeness (QED) is 0.906. The molecule has 0 atom stereocenters. The smallest absolute Gasteiger partial charge is 0.137 e. The van der Waals surface area contributed by atoms with Crippen LogP contribution in [0.3, 0.4) is 0 Å². The van der Waals surface area contributed by atoms with Crippen molar-refractivity contribution in [1.82, 2.24) is 9.97 Å². The average molecular weight is 262 g/mol. The highest BCUT2D eigenvalue weighted by Gasteiger charge is 2.29. The van der Waals surface area contributed by atoms with Crippen LogP contribution in [-0.2, 0) is 6.42 Å². The second-order valence-electron chi connectivity index (χ2n) is 5.96. The number of hydrogen-bond donors (Lipinski definition) is 1. The number of aromatic nitrogens is 2. The number of nitrogen functional groups attached to an aromatic ring is 1. The van der Waals surface area contributed by atoms with E-state index in [1.165, 1.54) is 19.3 Å². The zero-order valence-corrected chi connectivity index (χ0v) is 12.4. The van der Waals surface area contributed by atoms with Crippen LogP contribution in [0.2, 0.25) is 0 Å². The molecular formula is C15H26N4. The molecule has 0 aliphatic carbocycles.